The van der Waals surface area contributed by atoms with Gasteiger partial charge in [0.25, 0.3) is 5.91 Å². The topological polar surface area (TPSA) is 59.3 Å². The maximum Gasteiger partial charge on any atom is 0.276 e. The van der Waals surface area contributed by atoms with E-state index in [0.29, 0.717) is 16.5 Å². The average Bonchev–Trinajstić information content (AvgIpc) is 3.25. The van der Waals surface area contributed by atoms with Gasteiger partial charge in [0.1, 0.15) is 11.3 Å². The first-order valence-corrected chi connectivity index (χ1v) is 10.2. The Morgan fingerprint density at radius 2 is 1.96 bits per heavy atom. The predicted molar refractivity (Wildman–Crippen MR) is 113 cm³/mol. The molecular weight excluding hydrogens is 424 g/mol. The molecule has 3 heterocycles. The van der Waals surface area contributed by atoms with Crippen LogP contribution in [0.4, 0.5) is 5.13 Å². The molecule has 7 heteroatoms. The number of thiazole rings is 1. The number of aryl methyl sites for hydroxylation is 2. The monoisotopic (exact) mass is 440 g/mol. The third-order valence-electron chi connectivity index (χ3n) is 4.35. The van der Waals surface area contributed by atoms with Crippen molar-refractivity contribution in [2.75, 3.05) is 5.32 Å². The number of fused-ring (bicyclic) bond motifs is 1. The summed E-state index contributed by atoms with van der Waals surface area (Å²) in [4.78, 5) is 21.8. The molecule has 27 heavy (non-hydrogen) atoms. The van der Waals surface area contributed by atoms with Crippen molar-refractivity contribution in [2.24, 2.45) is 0 Å². The summed E-state index contributed by atoms with van der Waals surface area (Å²) in [5.41, 5.74) is 5.11. The van der Waals surface area contributed by atoms with E-state index in [0.717, 1.165) is 27.8 Å². The van der Waals surface area contributed by atoms with Crippen LogP contribution >= 0.6 is 27.3 Å². The number of nitrogens with one attached hydrogen (secondary N) is 1. The highest BCUT2D eigenvalue weighted by molar-refractivity contribution is 9.10. The van der Waals surface area contributed by atoms with Crippen LogP contribution in [0.1, 0.15) is 28.7 Å². The van der Waals surface area contributed by atoms with Crippen LogP contribution in [0.2, 0.25) is 0 Å². The zero-order chi connectivity index (χ0) is 19.0. The van der Waals surface area contributed by atoms with Gasteiger partial charge in [0.15, 0.2) is 5.13 Å². The van der Waals surface area contributed by atoms with Crippen molar-refractivity contribution in [1.82, 2.24) is 14.4 Å². The minimum absolute atomic E-state index is 0.222. The number of benzene rings is 1. The van der Waals surface area contributed by atoms with Gasteiger partial charge in [0, 0.05) is 21.6 Å². The number of rotatable bonds is 4. The zero-order valence-electron chi connectivity index (χ0n) is 14.9. The van der Waals surface area contributed by atoms with Crippen molar-refractivity contribution in [1.29, 1.82) is 0 Å². The van der Waals surface area contributed by atoms with Gasteiger partial charge in [-0.2, -0.15) is 0 Å². The number of pyridine rings is 1. The number of hydrogen-bond donors (Lipinski definition) is 1. The van der Waals surface area contributed by atoms with E-state index in [1.807, 2.05) is 30.6 Å². The summed E-state index contributed by atoms with van der Waals surface area (Å²) in [6.45, 7) is 3.96. The summed E-state index contributed by atoms with van der Waals surface area (Å²) in [5, 5.41) is 5.42. The van der Waals surface area contributed by atoms with Crippen molar-refractivity contribution in [3.8, 4) is 11.3 Å². The molecule has 0 aliphatic heterocycles. The number of carbonyl (C=O) groups is 1. The van der Waals surface area contributed by atoms with Crippen LogP contribution < -0.4 is 5.32 Å². The minimum Gasteiger partial charge on any atom is -0.296 e. The van der Waals surface area contributed by atoms with Gasteiger partial charge in [-0.25, -0.2) is 9.97 Å². The van der Waals surface area contributed by atoms with Crippen LogP contribution in [0.3, 0.4) is 0 Å². The fourth-order valence-electron chi connectivity index (χ4n) is 2.94. The second-order valence-electron chi connectivity index (χ2n) is 6.16. The molecule has 0 spiro atoms. The molecule has 1 N–H and O–H groups in total. The van der Waals surface area contributed by atoms with E-state index in [1.165, 1.54) is 16.9 Å². The molecule has 0 fully saturated rings. The summed E-state index contributed by atoms with van der Waals surface area (Å²) in [6, 6.07) is 12.1. The quantitative estimate of drug-likeness (QED) is 0.465. The van der Waals surface area contributed by atoms with Crippen molar-refractivity contribution in [3.05, 3.63) is 69.4 Å². The van der Waals surface area contributed by atoms with Gasteiger partial charge >= 0.3 is 0 Å². The van der Waals surface area contributed by atoms with E-state index in [4.69, 9.17) is 0 Å². The molecule has 0 saturated heterocycles. The molecule has 0 saturated carbocycles. The molecule has 4 aromatic rings. The largest absolute Gasteiger partial charge is 0.296 e. The van der Waals surface area contributed by atoms with E-state index >= 15 is 0 Å². The van der Waals surface area contributed by atoms with E-state index in [-0.39, 0.29) is 5.91 Å². The Morgan fingerprint density at radius 1 is 1.19 bits per heavy atom. The van der Waals surface area contributed by atoms with Crippen LogP contribution in [0.15, 0.2) is 52.4 Å². The van der Waals surface area contributed by atoms with E-state index in [1.54, 1.807) is 4.40 Å². The number of amides is 1. The SMILES string of the molecule is CCc1ccc(-c2csc(NC(=O)c3c(C)nc4ccc(Br)cn34)n2)cc1. The molecule has 0 bridgehead atoms. The van der Waals surface area contributed by atoms with Crippen molar-refractivity contribution in [2.45, 2.75) is 20.3 Å². The van der Waals surface area contributed by atoms with E-state index in [9.17, 15) is 4.79 Å². The number of halogens is 1. The van der Waals surface area contributed by atoms with Crippen LogP contribution in [0.25, 0.3) is 16.9 Å². The normalized spacial score (nSPS) is 11.1. The summed E-state index contributed by atoms with van der Waals surface area (Å²) < 4.78 is 2.67. The second kappa shape index (κ2) is 7.25. The molecule has 0 atom stereocenters. The van der Waals surface area contributed by atoms with Gasteiger partial charge in [-0.1, -0.05) is 31.2 Å². The number of nitrogens with zero attached hydrogens (tertiary/aromatic N) is 3. The van der Waals surface area contributed by atoms with E-state index in [2.05, 4.69) is 62.4 Å². The molecule has 0 unspecified atom stereocenters. The van der Waals surface area contributed by atoms with Gasteiger partial charge < -0.3 is 0 Å². The molecule has 0 radical (unpaired) electrons. The summed E-state index contributed by atoms with van der Waals surface area (Å²) in [6.07, 6.45) is 2.85. The number of carbonyl (C=O) groups excluding carboxylic acids is 1. The minimum atomic E-state index is -0.222. The fourth-order valence-corrected chi connectivity index (χ4v) is 3.99. The third kappa shape index (κ3) is 3.52. The maximum atomic E-state index is 12.8. The molecule has 4 rings (SSSR count). The van der Waals surface area contributed by atoms with Crippen LogP contribution in [-0.2, 0) is 6.42 Å². The van der Waals surface area contributed by atoms with Crippen molar-refractivity contribution in [3.63, 3.8) is 0 Å². The number of anilines is 1. The summed E-state index contributed by atoms with van der Waals surface area (Å²) in [5.74, 6) is -0.222. The van der Waals surface area contributed by atoms with Gasteiger partial charge in [-0.05, 0) is 47.0 Å². The Morgan fingerprint density at radius 3 is 2.70 bits per heavy atom. The lowest BCUT2D eigenvalue weighted by molar-refractivity contribution is 0.102. The van der Waals surface area contributed by atoms with E-state index < -0.39 is 0 Å². The van der Waals surface area contributed by atoms with Gasteiger partial charge in [-0.3, -0.25) is 14.5 Å². The summed E-state index contributed by atoms with van der Waals surface area (Å²) >= 11 is 4.85. The summed E-state index contributed by atoms with van der Waals surface area (Å²) in [7, 11) is 0. The van der Waals surface area contributed by atoms with Gasteiger partial charge in [0.2, 0.25) is 0 Å². The molecular formula is C20H17BrN4OS. The van der Waals surface area contributed by atoms with Gasteiger partial charge in [-0.15, -0.1) is 11.3 Å². The van der Waals surface area contributed by atoms with Crippen LogP contribution in [0.5, 0.6) is 0 Å². The Labute approximate surface area is 169 Å². The molecule has 136 valence electrons. The Bertz CT molecular complexity index is 1130. The molecule has 1 amide bonds. The van der Waals surface area contributed by atoms with Crippen molar-refractivity contribution >= 4 is 44.0 Å². The maximum absolute atomic E-state index is 12.8. The predicted octanol–water partition coefficient (Wildman–Crippen LogP) is 5.34. The Hall–Kier alpha value is -2.51. The average molecular weight is 441 g/mol. The lowest BCUT2D eigenvalue weighted by Gasteiger charge is -2.04. The first kappa shape index (κ1) is 17.9. The second-order valence-corrected chi connectivity index (χ2v) is 7.94. The molecule has 1 aromatic carbocycles. The molecule has 0 aliphatic rings. The standard InChI is InChI=1S/C20H17BrN4OS/c1-3-13-4-6-14(7-5-13)16-11-27-20(23-16)24-19(26)18-12(2)22-17-9-8-15(21)10-25(17)18/h4-11H,3H2,1-2H3,(H,23,24,26). The molecule has 3 aromatic heterocycles. The van der Waals surface area contributed by atoms with Crippen molar-refractivity contribution < 1.29 is 4.79 Å². The fraction of sp³-hybridized carbons (Fsp3) is 0.150. The molecule has 0 aliphatic carbocycles. The Kier molecular flexibility index (Phi) is 4.80. The zero-order valence-corrected chi connectivity index (χ0v) is 17.3. The smallest absolute Gasteiger partial charge is 0.276 e. The lowest BCUT2D eigenvalue weighted by atomic mass is 10.1. The highest BCUT2D eigenvalue weighted by Crippen LogP contribution is 2.26. The number of aromatic nitrogens is 3. The number of imidazole rings is 1. The lowest BCUT2D eigenvalue weighted by Crippen LogP contribution is -2.15. The first-order valence-electron chi connectivity index (χ1n) is 8.55. The van der Waals surface area contributed by atoms with Crippen LogP contribution in [0, 0.1) is 6.92 Å². The molecule has 5 nitrogen and oxygen atoms in total. The first-order chi connectivity index (χ1) is 13.0. The third-order valence-corrected chi connectivity index (χ3v) is 5.58. The van der Waals surface area contributed by atoms with Crippen LogP contribution in [-0.4, -0.2) is 20.3 Å². The Balaban J connectivity index is 1.60. The highest BCUT2D eigenvalue weighted by Gasteiger charge is 2.18. The number of hydrogen-bond acceptors (Lipinski definition) is 4. The van der Waals surface area contributed by atoms with Gasteiger partial charge in [0.05, 0.1) is 11.4 Å². The highest BCUT2D eigenvalue weighted by atomic mass is 79.9.